The van der Waals surface area contributed by atoms with E-state index in [2.05, 4.69) is 25.8 Å². The van der Waals surface area contributed by atoms with Crippen LogP contribution in [0.3, 0.4) is 0 Å². The third kappa shape index (κ3) is 11.2. The summed E-state index contributed by atoms with van der Waals surface area (Å²) in [6.07, 6.45) is -3.36. The molecule has 4 aromatic rings. The lowest BCUT2D eigenvalue weighted by Crippen LogP contribution is -3.11. The molecule has 2 aliphatic rings. The molecule has 15 nitrogen and oxygen atoms in total. The second-order valence-electron chi connectivity index (χ2n) is 14.1. The summed E-state index contributed by atoms with van der Waals surface area (Å²) < 4.78 is 62.3. The van der Waals surface area contributed by atoms with Crippen molar-refractivity contribution in [1.29, 1.82) is 0 Å². The molecule has 2 fully saturated rings. The van der Waals surface area contributed by atoms with Gasteiger partial charge in [0.1, 0.15) is 29.7 Å². The first kappa shape index (κ1) is 46.1. The molecule has 0 aliphatic carbocycles. The zero-order chi connectivity index (χ0) is 42.5. The molecule has 5 atom stereocenters. The van der Waals surface area contributed by atoms with Gasteiger partial charge in [0.05, 0.1) is 53.2 Å². The van der Waals surface area contributed by atoms with Crippen molar-refractivity contribution in [2.24, 2.45) is 0 Å². The molecular weight excluding hydrogens is 781 g/mol. The van der Waals surface area contributed by atoms with E-state index >= 15 is 0 Å². The SMILES string of the molecule is CCOP(=O)([O-])O[C@H]1[C@@H](OC2(OC)CCOCC2)[C@H](n2ccc(=O)[nH]c2=O)O[C@@H]1COC(c1ccccc1)(c1ccccc1)c1ccc(OC)cc1.CC[NH+](CC)CC. The molecule has 1 aromatic heterocycles. The van der Waals surface area contributed by atoms with E-state index in [1.54, 1.807) is 12.0 Å². The number of ether oxygens (including phenoxy) is 6. The fourth-order valence-electron chi connectivity index (χ4n) is 7.46. The van der Waals surface area contributed by atoms with Crippen molar-refractivity contribution in [3.05, 3.63) is 135 Å². The van der Waals surface area contributed by atoms with E-state index in [4.69, 9.17) is 37.5 Å². The second kappa shape index (κ2) is 21.5. The highest BCUT2D eigenvalue weighted by atomic mass is 31.2. The highest BCUT2D eigenvalue weighted by Crippen LogP contribution is 2.48. The average Bonchev–Trinajstić information content (AvgIpc) is 3.57. The number of nitrogens with zero attached hydrogens (tertiary/aromatic N) is 1. The van der Waals surface area contributed by atoms with E-state index in [1.165, 1.54) is 39.9 Å². The van der Waals surface area contributed by atoms with Crippen LogP contribution in [0, 0.1) is 0 Å². The van der Waals surface area contributed by atoms with Gasteiger partial charge in [0.25, 0.3) is 13.4 Å². The van der Waals surface area contributed by atoms with Crippen LogP contribution in [0.1, 0.15) is 63.5 Å². The minimum absolute atomic E-state index is 0.189. The molecule has 0 spiro atoms. The van der Waals surface area contributed by atoms with Crippen LogP contribution >= 0.6 is 7.82 Å². The van der Waals surface area contributed by atoms with E-state index < -0.39 is 55.0 Å². The zero-order valence-electron chi connectivity index (χ0n) is 34.7. The molecule has 59 heavy (non-hydrogen) atoms. The van der Waals surface area contributed by atoms with Crippen molar-refractivity contribution in [2.75, 3.05) is 60.3 Å². The fourth-order valence-corrected chi connectivity index (χ4v) is 8.39. The van der Waals surface area contributed by atoms with Gasteiger partial charge in [0.2, 0.25) is 0 Å². The Morgan fingerprint density at radius 2 is 1.42 bits per heavy atom. The van der Waals surface area contributed by atoms with E-state index in [0.29, 0.717) is 31.8 Å². The van der Waals surface area contributed by atoms with Gasteiger partial charge in [0.15, 0.2) is 12.0 Å². The number of quaternary nitrogens is 1. The summed E-state index contributed by atoms with van der Waals surface area (Å²) >= 11 is 0. The minimum Gasteiger partial charge on any atom is -0.756 e. The van der Waals surface area contributed by atoms with E-state index in [-0.39, 0.29) is 13.2 Å². The van der Waals surface area contributed by atoms with Crippen LogP contribution in [0.15, 0.2) is 107 Å². The highest BCUT2D eigenvalue weighted by molar-refractivity contribution is 7.45. The van der Waals surface area contributed by atoms with Crippen LogP contribution in [0.5, 0.6) is 5.75 Å². The van der Waals surface area contributed by atoms with Crippen molar-refractivity contribution in [3.8, 4) is 5.75 Å². The van der Waals surface area contributed by atoms with Gasteiger partial charge in [0, 0.05) is 32.2 Å². The van der Waals surface area contributed by atoms with Gasteiger partial charge in [-0.05, 0) is 56.5 Å². The topological polar surface area (TPSA) is 173 Å². The molecule has 322 valence electrons. The summed E-state index contributed by atoms with van der Waals surface area (Å²) in [5.74, 6) is -0.601. The average molecular weight is 840 g/mol. The van der Waals surface area contributed by atoms with Crippen molar-refractivity contribution < 1.29 is 51.8 Å². The van der Waals surface area contributed by atoms with Gasteiger partial charge in [-0.25, -0.2) is 4.79 Å². The lowest BCUT2D eigenvalue weighted by molar-refractivity contribution is -0.894. The predicted molar refractivity (Wildman–Crippen MR) is 218 cm³/mol. The van der Waals surface area contributed by atoms with Crippen LogP contribution in [0.25, 0.3) is 0 Å². The molecule has 0 amide bonds. The Morgan fingerprint density at radius 1 is 0.847 bits per heavy atom. The van der Waals surface area contributed by atoms with Gasteiger partial charge < -0.3 is 47.3 Å². The summed E-state index contributed by atoms with van der Waals surface area (Å²) in [5, 5.41) is 0. The molecular formula is C43H58N3O12P. The fraction of sp³-hybridized carbons (Fsp3) is 0.488. The number of aromatic amines is 1. The molecule has 0 saturated carbocycles. The van der Waals surface area contributed by atoms with Gasteiger partial charge in [-0.1, -0.05) is 72.8 Å². The molecule has 2 N–H and O–H groups in total. The van der Waals surface area contributed by atoms with Gasteiger partial charge in [-0.3, -0.25) is 18.9 Å². The Bertz CT molecular complexity index is 1980. The predicted octanol–water partition coefficient (Wildman–Crippen LogP) is 3.81. The van der Waals surface area contributed by atoms with Crippen LogP contribution in [-0.4, -0.2) is 93.9 Å². The number of benzene rings is 3. The van der Waals surface area contributed by atoms with Gasteiger partial charge in [-0.15, -0.1) is 0 Å². The normalized spacial score (nSPS) is 21.4. The number of phosphoric acid groups is 1. The first-order valence-electron chi connectivity index (χ1n) is 20.1. The molecule has 0 bridgehead atoms. The van der Waals surface area contributed by atoms with Crippen LogP contribution in [0.2, 0.25) is 0 Å². The molecule has 2 saturated heterocycles. The van der Waals surface area contributed by atoms with Gasteiger partial charge >= 0.3 is 5.69 Å². The number of nitrogens with one attached hydrogen (secondary N) is 2. The molecule has 3 heterocycles. The van der Waals surface area contributed by atoms with E-state index in [9.17, 15) is 19.0 Å². The highest BCUT2D eigenvalue weighted by Gasteiger charge is 2.54. The lowest BCUT2D eigenvalue weighted by atomic mass is 9.80. The lowest BCUT2D eigenvalue weighted by Gasteiger charge is -2.41. The standard InChI is InChI=1S/C37H43N2O12P.C6H15N/c1-4-48-52(42,43)51-32-30(49-34(39-22-19-31(40)38-35(39)41)33(32)50-36(45-3)20-23-46-24-21-36)25-47-37(26-11-7-5-8-12-26,27-13-9-6-10-14-27)28-15-17-29(44-2)18-16-28;1-4-7(5-2)6-3/h5-19,22,30,32-34H,4,20-21,23-25H2,1-3H3,(H,42,43)(H,38,40,41);4-6H2,1-3H3/t30-,32-,33-,34-;/m1./s1. The smallest absolute Gasteiger partial charge is 0.330 e. The van der Waals surface area contributed by atoms with Crippen LogP contribution in [0.4, 0.5) is 0 Å². The number of H-pyrrole nitrogens is 1. The first-order valence-corrected chi connectivity index (χ1v) is 21.6. The molecule has 2 aliphatic heterocycles. The zero-order valence-corrected chi connectivity index (χ0v) is 35.6. The number of aromatic nitrogens is 2. The first-order chi connectivity index (χ1) is 28.5. The molecule has 0 radical (unpaired) electrons. The molecule has 3 aromatic carbocycles. The number of methoxy groups -OCH3 is 2. The monoisotopic (exact) mass is 839 g/mol. The maximum atomic E-state index is 13.3. The number of phosphoric ester groups is 1. The third-order valence-corrected chi connectivity index (χ3v) is 11.8. The maximum Gasteiger partial charge on any atom is 0.330 e. The minimum atomic E-state index is -4.98. The Balaban J connectivity index is 0.000000867. The van der Waals surface area contributed by atoms with Crippen LogP contribution in [-0.2, 0) is 42.9 Å². The van der Waals surface area contributed by atoms with Gasteiger partial charge in [-0.2, -0.15) is 0 Å². The maximum absolute atomic E-state index is 13.3. The Kier molecular flexibility index (Phi) is 16.8. The van der Waals surface area contributed by atoms with Crippen molar-refractivity contribution in [1.82, 2.24) is 9.55 Å². The second-order valence-corrected chi connectivity index (χ2v) is 15.5. The Morgan fingerprint density at radius 3 is 1.92 bits per heavy atom. The van der Waals surface area contributed by atoms with E-state index in [0.717, 1.165) is 27.3 Å². The van der Waals surface area contributed by atoms with Crippen molar-refractivity contribution in [3.63, 3.8) is 0 Å². The molecule has 6 rings (SSSR count). The Labute approximate surface area is 345 Å². The number of rotatable bonds is 18. The Hall–Kier alpha value is -3.99. The molecule has 1 unspecified atom stereocenters. The summed E-state index contributed by atoms with van der Waals surface area (Å²) in [6, 6.07) is 27.7. The van der Waals surface area contributed by atoms with Crippen LogP contribution < -0.4 is 25.8 Å². The largest absolute Gasteiger partial charge is 0.756 e. The van der Waals surface area contributed by atoms with Crippen molar-refractivity contribution in [2.45, 2.75) is 76.5 Å². The van der Waals surface area contributed by atoms with Crippen molar-refractivity contribution >= 4 is 7.82 Å². The number of hydrogen-bond donors (Lipinski definition) is 2. The quantitative estimate of drug-likeness (QED) is 0.0845. The third-order valence-electron chi connectivity index (χ3n) is 10.7. The summed E-state index contributed by atoms with van der Waals surface area (Å²) in [6.45, 7) is 12.2. The summed E-state index contributed by atoms with van der Waals surface area (Å²) in [7, 11) is -1.92. The number of hydrogen-bond acceptors (Lipinski definition) is 12. The van der Waals surface area contributed by atoms with E-state index in [1.807, 2.05) is 84.9 Å². The molecule has 16 heteroatoms. The summed E-state index contributed by atoms with van der Waals surface area (Å²) in [4.78, 5) is 42.5. The summed E-state index contributed by atoms with van der Waals surface area (Å²) in [5.41, 5.74) is -0.410.